The first-order valence-corrected chi connectivity index (χ1v) is 11.2. The number of aromatic amines is 1. The zero-order valence-electron chi connectivity index (χ0n) is 18.8. The van der Waals surface area contributed by atoms with Crippen LogP contribution in [0, 0.1) is 19.8 Å². The van der Waals surface area contributed by atoms with Gasteiger partial charge in [-0.1, -0.05) is 31.4 Å². The average Bonchev–Trinajstić information content (AvgIpc) is 3.37. The molecule has 1 unspecified atom stereocenters. The highest BCUT2D eigenvalue weighted by atomic mass is 16.2. The summed E-state index contributed by atoms with van der Waals surface area (Å²) >= 11 is 0. The third-order valence-electron chi connectivity index (χ3n) is 6.31. The van der Waals surface area contributed by atoms with E-state index in [0.29, 0.717) is 11.4 Å². The lowest BCUT2D eigenvalue weighted by atomic mass is 9.83. The summed E-state index contributed by atoms with van der Waals surface area (Å²) in [5.41, 5.74) is 5.21. The van der Waals surface area contributed by atoms with Gasteiger partial charge in [0.15, 0.2) is 0 Å². The molecule has 3 N–H and O–H groups in total. The van der Waals surface area contributed by atoms with Crippen molar-refractivity contribution in [1.82, 2.24) is 25.3 Å². The quantitative estimate of drug-likeness (QED) is 0.550. The molecular weight excluding hydrogens is 404 g/mol. The van der Waals surface area contributed by atoms with Crippen LogP contribution in [0.5, 0.6) is 0 Å². The Morgan fingerprint density at radius 2 is 1.81 bits per heavy atom. The van der Waals surface area contributed by atoms with Crippen LogP contribution in [0.1, 0.15) is 54.0 Å². The minimum absolute atomic E-state index is 0.122. The van der Waals surface area contributed by atoms with Crippen molar-refractivity contribution >= 4 is 17.5 Å². The normalized spacial score (nSPS) is 15.3. The minimum Gasteiger partial charge on any atom is -0.339 e. The second kappa shape index (κ2) is 9.38. The molecule has 2 aromatic heterocycles. The number of benzene rings is 1. The molecule has 4 rings (SSSR count). The first-order valence-electron chi connectivity index (χ1n) is 11.2. The summed E-state index contributed by atoms with van der Waals surface area (Å²) in [4.78, 5) is 26.1. The van der Waals surface area contributed by atoms with Crippen molar-refractivity contribution in [2.75, 3.05) is 5.32 Å². The molecule has 0 bridgehead atoms. The van der Waals surface area contributed by atoms with Gasteiger partial charge in [0.2, 0.25) is 5.91 Å². The molecule has 8 heteroatoms. The highest BCUT2D eigenvalue weighted by molar-refractivity contribution is 6.00. The van der Waals surface area contributed by atoms with Gasteiger partial charge in [0.05, 0.1) is 5.69 Å². The van der Waals surface area contributed by atoms with E-state index in [0.717, 1.165) is 48.2 Å². The summed E-state index contributed by atoms with van der Waals surface area (Å²) in [6.07, 6.45) is 6.77. The Labute approximate surface area is 187 Å². The molecule has 0 aliphatic heterocycles. The number of aromatic nitrogens is 4. The van der Waals surface area contributed by atoms with E-state index in [1.54, 1.807) is 19.3 Å². The third kappa shape index (κ3) is 4.59. The number of hydrogen-bond donors (Lipinski definition) is 3. The largest absolute Gasteiger partial charge is 0.339 e. The fourth-order valence-corrected chi connectivity index (χ4v) is 4.59. The lowest BCUT2D eigenvalue weighted by molar-refractivity contribution is -0.119. The van der Waals surface area contributed by atoms with E-state index >= 15 is 0 Å². The zero-order chi connectivity index (χ0) is 22.7. The molecule has 1 aliphatic rings. The fraction of sp³-hybridized carbons (Fsp3) is 0.417. The van der Waals surface area contributed by atoms with Crippen LogP contribution < -0.4 is 10.6 Å². The maximum Gasteiger partial charge on any atom is 0.270 e. The lowest BCUT2D eigenvalue weighted by Gasteiger charge is -2.30. The van der Waals surface area contributed by atoms with Crippen LogP contribution >= 0.6 is 0 Å². The van der Waals surface area contributed by atoms with Crippen molar-refractivity contribution in [3.63, 3.8) is 0 Å². The van der Waals surface area contributed by atoms with Crippen LogP contribution in [0.2, 0.25) is 0 Å². The first-order chi connectivity index (χ1) is 15.4. The van der Waals surface area contributed by atoms with Gasteiger partial charge in [-0.25, -0.2) is 0 Å². The van der Waals surface area contributed by atoms with E-state index in [1.807, 2.05) is 38.1 Å². The van der Waals surface area contributed by atoms with Gasteiger partial charge in [0.25, 0.3) is 5.91 Å². The van der Waals surface area contributed by atoms with Crippen molar-refractivity contribution in [3.05, 3.63) is 53.6 Å². The van der Waals surface area contributed by atoms with Gasteiger partial charge >= 0.3 is 0 Å². The summed E-state index contributed by atoms with van der Waals surface area (Å²) in [5, 5.41) is 17.3. The SMILES string of the molecule is Cc1n[nH]c(C)c1-c1ccc(NC(=O)C(NC(=O)c2ccnn2C)C2CCCCC2)cc1. The summed E-state index contributed by atoms with van der Waals surface area (Å²) in [7, 11) is 1.72. The number of nitrogens with zero attached hydrogens (tertiary/aromatic N) is 3. The summed E-state index contributed by atoms with van der Waals surface area (Å²) < 4.78 is 1.52. The molecule has 1 saturated carbocycles. The summed E-state index contributed by atoms with van der Waals surface area (Å²) in [5.74, 6) is -0.343. The Balaban J connectivity index is 1.50. The highest BCUT2D eigenvalue weighted by Crippen LogP contribution is 2.29. The van der Waals surface area contributed by atoms with Gasteiger partial charge in [0, 0.05) is 30.2 Å². The van der Waals surface area contributed by atoms with E-state index in [2.05, 4.69) is 25.9 Å². The average molecular weight is 435 g/mol. The van der Waals surface area contributed by atoms with E-state index < -0.39 is 6.04 Å². The fourth-order valence-electron chi connectivity index (χ4n) is 4.59. The minimum atomic E-state index is -0.587. The maximum atomic E-state index is 13.3. The molecule has 0 radical (unpaired) electrons. The number of anilines is 1. The Bertz CT molecular complexity index is 1070. The van der Waals surface area contributed by atoms with Crippen molar-refractivity contribution in [2.24, 2.45) is 13.0 Å². The van der Waals surface area contributed by atoms with Gasteiger partial charge in [-0.2, -0.15) is 10.2 Å². The molecule has 168 valence electrons. The molecule has 2 amide bonds. The van der Waals surface area contributed by atoms with E-state index in [1.165, 1.54) is 11.1 Å². The van der Waals surface area contributed by atoms with E-state index in [9.17, 15) is 9.59 Å². The number of H-pyrrole nitrogens is 1. The topological polar surface area (TPSA) is 105 Å². The van der Waals surface area contributed by atoms with Crippen molar-refractivity contribution in [1.29, 1.82) is 0 Å². The summed E-state index contributed by atoms with van der Waals surface area (Å²) in [6, 6.07) is 8.80. The van der Waals surface area contributed by atoms with Crippen LogP contribution in [0.3, 0.4) is 0 Å². The molecular formula is C24H30N6O2. The van der Waals surface area contributed by atoms with Gasteiger partial charge in [0.1, 0.15) is 11.7 Å². The molecule has 2 heterocycles. The second-order valence-corrected chi connectivity index (χ2v) is 8.56. The Morgan fingerprint density at radius 1 is 1.09 bits per heavy atom. The molecule has 1 fully saturated rings. The van der Waals surface area contributed by atoms with Crippen LogP contribution in [0.25, 0.3) is 11.1 Å². The smallest absolute Gasteiger partial charge is 0.270 e. The predicted molar refractivity (Wildman–Crippen MR) is 123 cm³/mol. The molecule has 1 aliphatic carbocycles. The molecule has 3 aromatic rings. The van der Waals surface area contributed by atoms with Crippen LogP contribution in [-0.4, -0.2) is 37.8 Å². The van der Waals surface area contributed by atoms with Gasteiger partial charge in [-0.05, 0) is 56.4 Å². The highest BCUT2D eigenvalue weighted by Gasteiger charge is 2.31. The van der Waals surface area contributed by atoms with Crippen LogP contribution in [-0.2, 0) is 11.8 Å². The number of amides is 2. The zero-order valence-corrected chi connectivity index (χ0v) is 18.8. The third-order valence-corrected chi connectivity index (χ3v) is 6.31. The number of nitrogens with one attached hydrogen (secondary N) is 3. The Hall–Kier alpha value is -3.42. The molecule has 1 atom stereocenters. The monoisotopic (exact) mass is 434 g/mol. The summed E-state index contributed by atoms with van der Waals surface area (Å²) in [6.45, 7) is 3.96. The number of carbonyl (C=O) groups is 2. The number of aryl methyl sites for hydroxylation is 3. The van der Waals surface area contributed by atoms with Gasteiger partial charge in [-0.3, -0.25) is 19.4 Å². The Kier molecular flexibility index (Phi) is 6.39. The van der Waals surface area contributed by atoms with Gasteiger partial charge < -0.3 is 10.6 Å². The van der Waals surface area contributed by atoms with Crippen LogP contribution in [0.15, 0.2) is 36.5 Å². The lowest BCUT2D eigenvalue weighted by Crippen LogP contribution is -2.49. The van der Waals surface area contributed by atoms with E-state index in [4.69, 9.17) is 0 Å². The number of hydrogen-bond acceptors (Lipinski definition) is 4. The molecule has 8 nitrogen and oxygen atoms in total. The van der Waals surface area contributed by atoms with E-state index in [-0.39, 0.29) is 17.7 Å². The standard InChI is InChI=1S/C24H30N6O2/c1-15-21(16(2)29-28-15)17-9-11-19(12-10-17)26-24(32)22(18-7-5-4-6-8-18)27-23(31)20-13-14-25-30(20)3/h9-14,18,22H,4-8H2,1-3H3,(H,26,32)(H,27,31)(H,28,29). The van der Waals surface area contributed by atoms with Crippen LogP contribution in [0.4, 0.5) is 5.69 Å². The number of carbonyl (C=O) groups excluding carboxylic acids is 2. The van der Waals surface area contributed by atoms with Crippen molar-refractivity contribution < 1.29 is 9.59 Å². The maximum absolute atomic E-state index is 13.3. The molecule has 32 heavy (non-hydrogen) atoms. The predicted octanol–water partition coefficient (Wildman–Crippen LogP) is 3.74. The first kappa shape index (κ1) is 21.8. The molecule has 1 aromatic carbocycles. The Morgan fingerprint density at radius 3 is 2.41 bits per heavy atom. The van der Waals surface area contributed by atoms with Crippen molar-refractivity contribution in [2.45, 2.75) is 52.0 Å². The molecule has 0 saturated heterocycles. The molecule has 0 spiro atoms. The second-order valence-electron chi connectivity index (χ2n) is 8.56. The van der Waals surface area contributed by atoms with Gasteiger partial charge in [-0.15, -0.1) is 0 Å². The number of rotatable bonds is 6. The van der Waals surface area contributed by atoms with Crippen molar-refractivity contribution in [3.8, 4) is 11.1 Å².